The van der Waals surface area contributed by atoms with Gasteiger partial charge in [0.15, 0.2) is 11.5 Å². The summed E-state index contributed by atoms with van der Waals surface area (Å²) in [4.78, 5) is 15.1. The van der Waals surface area contributed by atoms with Gasteiger partial charge < -0.3 is 5.11 Å². The fourth-order valence-electron chi connectivity index (χ4n) is 1.79. The van der Waals surface area contributed by atoms with Crippen LogP contribution in [0.25, 0.3) is 5.65 Å². The van der Waals surface area contributed by atoms with Crippen molar-refractivity contribution < 1.29 is 9.90 Å². The quantitative estimate of drug-likeness (QED) is 0.839. The number of hydrogen-bond donors (Lipinski definition) is 1. The minimum Gasteiger partial charge on any atom is -0.481 e. The molecule has 0 amide bonds. The van der Waals surface area contributed by atoms with Gasteiger partial charge in [-0.05, 0) is 18.9 Å². The van der Waals surface area contributed by atoms with E-state index in [2.05, 4.69) is 10.1 Å². The highest BCUT2D eigenvalue weighted by molar-refractivity contribution is 5.73. The minimum absolute atomic E-state index is 0.00681. The van der Waals surface area contributed by atoms with E-state index in [1.165, 1.54) is 0 Å². The fraction of sp³-hybridized carbons (Fsp3) is 0.364. The number of aromatic nitrogens is 3. The summed E-state index contributed by atoms with van der Waals surface area (Å²) in [7, 11) is 0. The molecular weight excluding hydrogens is 206 g/mol. The van der Waals surface area contributed by atoms with Crippen molar-refractivity contribution in [3.8, 4) is 0 Å². The van der Waals surface area contributed by atoms with Gasteiger partial charge in [0.2, 0.25) is 0 Å². The van der Waals surface area contributed by atoms with Gasteiger partial charge in [-0.15, -0.1) is 0 Å². The first-order valence-corrected chi connectivity index (χ1v) is 5.30. The second-order valence-electron chi connectivity index (χ2n) is 4.12. The van der Waals surface area contributed by atoms with E-state index in [1.54, 1.807) is 22.8 Å². The van der Waals surface area contributed by atoms with Gasteiger partial charge in [0, 0.05) is 17.7 Å². The molecule has 0 aromatic carbocycles. The van der Waals surface area contributed by atoms with Crippen LogP contribution < -0.4 is 0 Å². The van der Waals surface area contributed by atoms with Crippen LogP contribution in [0.5, 0.6) is 0 Å². The second kappa shape index (κ2) is 3.30. The molecular formula is C11H11N3O2. The molecule has 16 heavy (non-hydrogen) atoms. The summed E-state index contributed by atoms with van der Waals surface area (Å²) in [6, 6.07) is 3.59. The van der Waals surface area contributed by atoms with E-state index in [0.717, 1.165) is 24.2 Å². The van der Waals surface area contributed by atoms with Crippen LogP contribution in [0, 0.1) is 0 Å². The van der Waals surface area contributed by atoms with Gasteiger partial charge >= 0.3 is 5.97 Å². The van der Waals surface area contributed by atoms with Crippen LogP contribution in [0.1, 0.15) is 30.1 Å². The summed E-state index contributed by atoms with van der Waals surface area (Å²) in [5.74, 6) is 0.486. The molecule has 1 aliphatic rings. The highest BCUT2D eigenvalue weighted by atomic mass is 16.4. The van der Waals surface area contributed by atoms with Crippen molar-refractivity contribution in [1.82, 2.24) is 14.6 Å². The van der Waals surface area contributed by atoms with E-state index in [9.17, 15) is 4.79 Å². The molecule has 0 aliphatic heterocycles. The highest BCUT2D eigenvalue weighted by Crippen LogP contribution is 2.38. The summed E-state index contributed by atoms with van der Waals surface area (Å²) >= 11 is 0. The third kappa shape index (κ3) is 1.54. The lowest BCUT2D eigenvalue weighted by molar-refractivity contribution is -0.136. The Morgan fingerprint density at radius 3 is 3.06 bits per heavy atom. The molecule has 1 aliphatic carbocycles. The lowest BCUT2D eigenvalue weighted by Crippen LogP contribution is -2.02. The van der Waals surface area contributed by atoms with Gasteiger partial charge in [0.1, 0.15) is 0 Å². The third-order valence-corrected chi connectivity index (χ3v) is 2.74. The van der Waals surface area contributed by atoms with E-state index in [-0.39, 0.29) is 6.42 Å². The van der Waals surface area contributed by atoms with E-state index in [4.69, 9.17) is 5.11 Å². The number of pyridine rings is 1. The van der Waals surface area contributed by atoms with Crippen molar-refractivity contribution >= 4 is 11.6 Å². The van der Waals surface area contributed by atoms with E-state index in [0.29, 0.717) is 11.6 Å². The summed E-state index contributed by atoms with van der Waals surface area (Å²) in [6.07, 6.45) is 4.09. The number of carboxylic acids is 1. The van der Waals surface area contributed by atoms with Crippen molar-refractivity contribution in [2.75, 3.05) is 0 Å². The Labute approximate surface area is 91.7 Å². The van der Waals surface area contributed by atoms with Crippen LogP contribution in [-0.4, -0.2) is 25.7 Å². The van der Waals surface area contributed by atoms with Crippen molar-refractivity contribution in [3.63, 3.8) is 0 Å². The molecule has 3 rings (SSSR count). The van der Waals surface area contributed by atoms with Gasteiger partial charge in [0.05, 0.1) is 6.42 Å². The maximum atomic E-state index is 10.7. The first kappa shape index (κ1) is 9.33. The number of hydrogen-bond acceptors (Lipinski definition) is 3. The summed E-state index contributed by atoms with van der Waals surface area (Å²) in [5, 5.41) is 13.2. The number of nitrogens with zero attached hydrogens (tertiary/aromatic N) is 3. The predicted molar refractivity (Wildman–Crippen MR) is 56.3 cm³/mol. The summed E-state index contributed by atoms with van der Waals surface area (Å²) in [5.41, 5.74) is 1.39. The molecule has 0 unspecified atom stereocenters. The Morgan fingerprint density at radius 1 is 1.56 bits per heavy atom. The molecule has 2 aromatic heterocycles. The molecule has 1 fully saturated rings. The van der Waals surface area contributed by atoms with Crippen LogP contribution in [0.4, 0.5) is 0 Å². The van der Waals surface area contributed by atoms with Gasteiger partial charge in [-0.25, -0.2) is 9.50 Å². The molecule has 0 spiro atoms. The van der Waals surface area contributed by atoms with Crippen LogP contribution >= 0.6 is 0 Å². The van der Waals surface area contributed by atoms with Crippen LogP contribution in [-0.2, 0) is 11.2 Å². The van der Waals surface area contributed by atoms with Gasteiger partial charge in [-0.2, -0.15) is 5.10 Å². The Bertz CT molecular complexity index is 557. The first-order valence-electron chi connectivity index (χ1n) is 5.30. The Balaban J connectivity index is 2.09. The Morgan fingerprint density at radius 2 is 2.38 bits per heavy atom. The van der Waals surface area contributed by atoms with Crippen molar-refractivity contribution in [2.45, 2.75) is 25.2 Å². The van der Waals surface area contributed by atoms with Gasteiger partial charge in [0.25, 0.3) is 0 Å². The van der Waals surface area contributed by atoms with Gasteiger partial charge in [-0.3, -0.25) is 4.79 Å². The maximum Gasteiger partial charge on any atom is 0.307 e. The molecule has 2 aromatic rings. The number of aliphatic carboxylic acids is 1. The van der Waals surface area contributed by atoms with Crippen molar-refractivity contribution in [1.29, 1.82) is 0 Å². The topological polar surface area (TPSA) is 67.5 Å². The molecule has 0 saturated heterocycles. The van der Waals surface area contributed by atoms with Crippen LogP contribution in [0.3, 0.4) is 0 Å². The SMILES string of the molecule is O=C(O)Cc1cccn2nc(C3CC3)nc12. The van der Waals surface area contributed by atoms with Crippen LogP contribution in [0.2, 0.25) is 0 Å². The van der Waals surface area contributed by atoms with Gasteiger partial charge in [-0.1, -0.05) is 6.07 Å². The minimum atomic E-state index is -0.843. The molecule has 0 bridgehead atoms. The first-order chi connectivity index (χ1) is 7.74. The second-order valence-corrected chi connectivity index (χ2v) is 4.12. The predicted octanol–water partition coefficient (Wildman–Crippen LogP) is 1.23. The molecule has 5 heteroatoms. The van der Waals surface area contributed by atoms with Crippen LogP contribution in [0.15, 0.2) is 18.3 Å². The average molecular weight is 217 g/mol. The lowest BCUT2D eigenvalue weighted by Gasteiger charge is -1.97. The van der Waals surface area contributed by atoms with E-state index < -0.39 is 5.97 Å². The zero-order valence-electron chi connectivity index (χ0n) is 8.63. The molecule has 5 nitrogen and oxygen atoms in total. The molecule has 82 valence electrons. The van der Waals surface area contributed by atoms with Crippen molar-refractivity contribution in [3.05, 3.63) is 29.7 Å². The Kier molecular flexibility index (Phi) is 1.92. The molecule has 1 N–H and O–H groups in total. The number of fused-ring (bicyclic) bond motifs is 1. The summed E-state index contributed by atoms with van der Waals surface area (Å²) < 4.78 is 1.67. The monoisotopic (exact) mass is 217 g/mol. The standard InChI is InChI=1S/C11H11N3O2/c15-9(16)6-8-2-1-5-14-11(8)12-10(13-14)7-3-4-7/h1-2,5,7H,3-4,6H2,(H,15,16). The summed E-state index contributed by atoms with van der Waals surface area (Å²) in [6.45, 7) is 0. The Hall–Kier alpha value is -1.91. The fourth-order valence-corrected chi connectivity index (χ4v) is 1.79. The highest BCUT2D eigenvalue weighted by Gasteiger charge is 2.28. The third-order valence-electron chi connectivity index (χ3n) is 2.74. The zero-order chi connectivity index (χ0) is 11.1. The molecule has 0 atom stereocenters. The lowest BCUT2D eigenvalue weighted by atomic mass is 10.2. The maximum absolute atomic E-state index is 10.7. The average Bonchev–Trinajstić information content (AvgIpc) is 2.98. The normalized spacial score (nSPS) is 15.5. The molecule has 1 saturated carbocycles. The zero-order valence-corrected chi connectivity index (χ0v) is 8.63. The van der Waals surface area contributed by atoms with E-state index >= 15 is 0 Å². The van der Waals surface area contributed by atoms with E-state index in [1.807, 2.05) is 0 Å². The smallest absolute Gasteiger partial charge is 0.307 e. The van der Waals surface area contributed by atoms with Crippen molar-refractivity contribution in [2.24, 2.45) is 0 Å². The molecule has 0 radical (unpaired) electrons. The number of carboxylic acid groups (broad SMARTS) is 1. The largest absolute Gasteiger partial charge is 0.481 e. The number of carbonyl (C=O) groups is 1. The number of rotatable bonds is 3. The molecule has 2 heterocycles.